The van der Waals surface area contributed by atoms with Crippen molar-refractivity contribution in [3.05, 3.63) is 133 Å². The Kier molecular flexibility index (Phi) is 4.51. The SMILES string of the molecule is C=Cc1c(-c2cccc(C3=CC=CC4=CC=CC43)c2O)c2ccccc2n1-c1ccccc1. The number of aromatic nitrogens is 1. The molecule has 33 heavy (non-hydrogen) atoms. The number of hydrogen-bond donors (Lipinski definition) is 1. The predicted molar refractivity (Wildman–Crippen MR) is 138 cm³/mol. The second-order valence-electron chi connectivity index (χ2n) is 8.36. The number of nitrogens with zero attached hydrogens (tertiary/aromatic N) is 1. The number of rotatable bonds is 4. The predicted octanol–water partition coefficient (Wildman–Crippen LogP) is 7.71. The fourth-order valence-corrected chi connectivity index (χ4v) is 5.13. The van der Waals surface area contributed by atoms with Crippen molar-refractivity contribution < 1.29 is 5.11 Å². The van der Waals surface area contributed by atoms with Gasteiger partial charge in [0.25, 0.3) is 0 Å². The summed E-state index contributed by atoms with van der Waals surface area (Å²) < 4.78 is 2.22. The molecule has 0 radical (unpaired) electrons. The molecule has 0 bridgehead atoms. The molecule has 2 aliphatic rings. The molecule has 0 fully saturated rings. The van der Waals surface area contributed by atoms with Crippen molar-refractivity contribution in [3.63, 3.8) is 0 Å². The average molecular weight is 426 g/mol. The summed E-state index contributed by atoms with van der Waals surface area (Å²) in [5.41, 5.74) is 8.16. The Bertz CT molecular complexity index is 1530. The van der Waals surface area contributed by atoms with Gasteiger partial charge in [-0.15, -0.1) is 0 Å². The quantitative estimate of drug-likeness (QED) is 0.356. The monoisotopic (exact) mass is 425 g/mol. The van der Waals surface area contributed by atoms with Crippen LogP contribution in [0, 0.1) is 5.92 Å². The standard InChI is InChI=1S/C31H23NO/c1-2-28-30(26-15-6-7-20-29(26)32(28)22-13-4-3-5-14-22)27-19-10-18-25(31(27)33)24-17-9-12-21-11-8-16-23(21)24/h2-20,23,33H,1H2. The number of benzene rings is 3. The third kappa shape index (κ3) is 2.95. The summed E-state index contributed by atoms with van der Waals surface area (Å²) in [6.45, 7) is 4.14. The van der Waals surface area contributed by atoms with Gasteiger partial charge in [0.2, 0.25) is 0 Å². The Morgan fingerprint density at radius 2 is 1.61 bits per heavy atom. The van der Waals surface area contributed by atoms with Crippen LogP contribution < -0.4 is 0 Å². The first-order chi connectivity index (χ1) is 16.3. The third-order valence-electron chi connectivity index (χ3n) is 6.59. The lowest BCUT2D eigenvalue weighted by Gasteiger charge is -2.21. The molecule has 0 spiro atoms. The lowest BCUT2D eigenvalue weighted by molar-refractivity contribution is 0.475. The van der Waals surface area contributed by atoms with Crippen molar-refractivity contribution in [3.8, 4) is 22.6 Å². The fraction of sp³-hybridized carbons (Fsp3) is 0.0323. The summed E-state index contributed by atoms with van der Waals surface area (Å²) in [6, 6.07) is 24.7. The largest absolute Gasteiger partial charge is 0.507 e. The molecule has 3 aromatic carbocycles. The zero-order valence-electron chi connectivity index (χ0n) is 18.1. The van der Waals surface area contributed by atoms with Gasteiger partial charge in [-0.2, -0.15) is 0 Å². The van der Waals surface area contributed by atoms with E-state index in [9.17, 15) is 5.11 Å². The molecule has 1 aromatic heterocycles. The highest BCUT2D eigenvalue weighted by Gasteiger charge is 2.26. The Hall–Kier alpha value is -4.30. The van der Waals surface area contributed by atoms with Crippen LogP contribution in [0.3, 0.4) is 0 Å². The molecule has 4 aromatic rings. The molecular weight excluding hydrogens is 402 g/mol. The topological polar surface area (TPSA) is 25.2 Å². The minimum atomic E-state index is 0.181. The Balaban J connectivity index is 1.62. The highest BCUT2D eigenvalue weighted by atomic mass is 16.3. The maximum absolute atomic E-state index is 11.6. The van der Waals surface area contributed by atoms with Gasteiger partial charge in [0.1, 0.15) is 5.75 Å². The van der Waals surface area contributed by atoms with E-state index in [1.807, 2.05) is 54.6 Å². The van der Waals surface area contributed by atoms with Crippen molar-refractivity contribution in [2.45, 2.75) is 0 Å². The molecule has 1 heterocycles. The highest BCUT2D eigenvalue weighted by Crippen LogP contribution is 2.46. The van der Waals surface area contributed by atoms with Crippen LogP contribution in [-0.4, -0.2) is 9.67 Å². The number of aromatic hydroxyl groups is 1. The van der Waals surface area contributed by atoms with Crippen LogP contribution in [0.25, 0.3) is 39.4 Å². The summed E-state index contributed by atoms with van der Waals surface area (Å²) in [4.78, 5) is 0. The summed E-state index contributed by atoms with van der Waals surface area (Å²) >= 11 is 0. The van der Waals surface area contributed by atoms with Gasteiger partial charge in [-0.1, -0.05) is 97.6 Å². The summed E-state index contributed by atoms with van der Waals surface area (Å²) in [5.74, 6) is 0.485. The molecule has 2 aliphatic carbocycles. The van der Waals surface area contributed by atoms with E-state index in [0.717, 1.165) is 44.5 Å². The van der Waals surface area contributed by atoms with E-state index < -0.39 is 0 Å². The van der Waals surface area contributed by atoms with Gasteiger partial charge in [0.15, 0.2) is 0 Å². The Labute approximate surface area is 193 Å². The van der Waals surface area contributed by atoms with Crippen molar-refractivity contribution in [2.75, 3.05) is 0 Å². The number of para-hydroxylation sites is 3. The van der Waals surface area contributed by atoms with Gasteiger partial charge in [-0.25, -0.2) is 0 Å². The van der Waals surface area contributed by atoms with Crippen LogP contribution in [0.5, 0.6) is 5.75 Å². The number of phenolic OH excluding ortho intramolecular Hbond substituents is 1. The van der Waals surface area contributed by atoms with E-state index >= 15 is 0 Å². The van der Waals surface area contributed by atoms with Crippen LogP contribution in [0.15, 0.2) is 121 Å². The van der Waals surface area contributed by atoms with Crippen LogP contribution in [0.1, 0.15) is 11.3 Å². The van der Waals surface area contributed by atoms with Gasteiger partial charge >= 0.3 is 0 Å². The zero-order chi connectivity index (χ0) is 22.4. The lowest BCUT2D eigenvalue weighted by Crippen LogP contribution is -2.04. The lowest BCUT2D eigenvalue weighted by atomic mass is 9.83. The molecule has 6 rings (SSSR count). The highest BCUT2D eigenvalue weighted by molar-refractivity contribution is 6.04. The third-order valence-corrected chi connectivity index (χ3v) is 6.59. The van der Waals surface area contributed by atoms with Crippen LogP contribution in [0.4, 0.5) is 0 Å². The molecule has 0 saturated heterocycles. The number of fused-ring (bicyclic) bond motifs is 2. The van der Waals surface area contributed by atoms with Gasteiger partial charge in [-0.05, 0) is 35.4 Å². The normalized spacial score (nSPS) is 16.5. The van der Waals surface area contributed by atoms with Gasteiger partial charge < -0.3 is 9.67 Å². The molecular formula is C31H23NO. The van der Waals surface area contributed by atoms with Crippen molar-refractivity contribution in [2.24, 2.45) is 5.92 Å². The zero-order valence-corrected chi connectivity index (χ0v) is 18.1. The van der Waals surface area contributed by atoms with E-state index in [1.165, 1.54) is 5.57 Å². The molecule has 0 aliphatic heterocycles. The maximum atomic E-state index is 11.6. The minimum absolute atomic E-state index is 0.181. The van der Waals surface area contributed by atoms with Gasteiger partial charge in [-0.3, -0.25) is 0 Å². The first-order valence-corrected chi connectivity index (χ1v) is 11.2. The first kappa shape index (κ1) is 19.4. The molecule has 1 N–H and O–H groups in total. The fourth-order valence-electron chi connectivity index (χ4n) is 5.13. The van der Waals surface area contributed by atoms with Gasteiger partial charge in [0, 0.05) is 33.7 Å². The van der Waals surface area contributed by atoms with Crippen LogP contribution in [-0.2, 0) is 0 Å². The molecule has 2 heteroatoms. The van der Waals surface area contributed by atoms with E-state index in [1.54, 1.807) is 0 Å². The van der Waals surface area contributed by atoms with Gasteiger partial charge in [0.05, 0.1) is 11.2 Å². The molecule has 0 amide bonds. The second-order valence-corrected chi connectivity index (χ2v) is 8.36. The van der Waals surface area contributed by atoms with E-state index in [-0.39, 0.29) is 5.92 Å². The Morgan fingerprint density at radius 3 is 2.45 bits per heavy atom. The smallest absolute Gasteiger partial charge is 0.131 e. The summed E-state index contributed by atoms with van der Waals surface area (Å²) in [5, 5.41) is 12.7. The maximum Gasteiger partial charge on any atom is 0.131 e. The Morgan fingerprint density at radius 1 is 0.818 bits per heavy atom. The second kappa shape index (κ2) is 7.68. The molecule has 158 valence electrons. The van der Waals surface area contributed by atoms with E-state index in [4.69, 9.17) is 0 Å². The van der Waals surface area contributed by atoms with E-state index in [2.05, 4.69) is 71.9 Å². The number of hydrogen-bond acceptors (Lipinski definition) is 1. The number of phenols is 1. The molecule has 0 saturated carbocycles. The van der Waals surface area contributed by atoms with Crippen molar-refractivity contribution >= 4 is 22.6 Å². The molecule has 1 atom stereocenters. The van der Waals surface area contributed by atoms with E-state index in [0.29, 0.717) is 5.75 Å². The minimum Gasteiger partial charge on any atom is -0.507 e. The average Bonchev–Trinajstić information content (AvgIpc) is 3.47. The first-order valence-electron chi connectivity index (χ1n) is 11.2. The summed E-state index contributed by atoms with van der Waals surface area (Å²) in [7, 11) is 0. The summed E-state index contributed by atoms with van der Waals surface area (Å²) in [6.07, 6.45) is 14.6. The number of allylic oxidation sites excluding steroid dienone is 8. The van der Waals surface area contributed by atoms with Crippen LogP contribution in [0.2, 0.25) is 0 Å². The van der Waals surface area contributed by atoms with Crippen LogP contribution >= 0.6 is 0 Å². The van der Waals surface area contributed by atoms with Crippen molar-refractivity contribution in [1.82, 2.24) is 4.57 Å². The molecule has 2 nitrogen and oxygen atoms in total. The molecule has 1 unspecified atom stereocenters. The van der Waals surface area contributed by atoms with Crippen molar-refractivity contribution in [1.29, 1.82) is 0 Å².